The van der Waals surface area contributed by atoms with E-state index in [0.717, 1.165) is 39.2 Å². The van der Waals surface area contributed by atoms with Crippen LogP contribution in [0.5, 0.6) is 0 Å². The molecule has 0 saturated carbocycles. The number of benzene rings is 2. The first-order valence-electron chi connectivity index (χ1n) is 10.5. The van der Waals surface area contributed by atoms with Gasteiger partial charge in [-0.25, -0.2) is 22.8 Å². The standard InChI is InChI=1S/C24H22F3N3S2.CO2/c1-14(2)31-22-21(16-8-10-18(11-9-16)24(4,26)27)28-23(32-22)30-13-20(15(3)29-30)17-6-5-7-19(25)12-17;2-1-3/h5-14H,1-4H3;. The third-order valence-electron chi connectivity index (χ3n) is 4.82. The molecule has 0 spiro atoms. The Labute approximate surface area is 209 Å². The molecule has 0 bridgehead atoms. The van der Waals surface area contributed by atoms with Crippen molar-refractivity contribution < 1.29 is 22.8 Å². The minimum absolute atomic E-state index is 0.0304. The molecule has 35 heavy (non-hydrogen) atoms. The molecule has 2 aromatic heterocycles. The van der Waals surface area contributed by atoms with Crippen LogP contribution in [0.3, 0.4) is 0 Å². The van der Waals surface area contributed by atoms with E-state index < -0.39 is 5.92 Å². The summed E-state index contributed by atoms with van der Waals surface area (Å²) in [6.07, 6.45) is 2.09. The van der Waals surface area contributed by atoms with Crippen molar-refractivity contribution in [3.8, 4) is 27.5 Å². The third kappa shape index (κ3) is 6.48. The molecule has 4 rings (SSSR count). The van der Waals surface area contributed by atoms with Crippen molar-refractivity contribution in [3.63, 3.8) is 0 Å². The van der Waals surface area contributed by atoms with Crippen molar-refractivity contribution in [1.82, 2.24) is 14.8 Å². The quantitative estimate of drug-likeness (QED) is 0.254. The molecule has 0 atom stereocenters. The van der Waals surface area contributed by atoms with Gasteiger partial charge in [0.1, 0.15) is 5.82 Å². The molecule has 0 fully saturated rings. The van der Waals surface area contributed by atoms with Crippen molar-refractivity contribution in [2.24, 2.45) is 0 Å². The van der Waals surface area contributed by atoms with Crippen molar-refractivity contribution in [2.45, 2.75) is 43.1 Å². The zero-order valence-corrected chi connectivity index (χ0v) is 21.0. The van der Waals surface area contributed by atoms with E-state index in [0.29, 0.717) is 10.4 Å². The number of rotatable bonds is 6. The molecule has 0 aliphatic rings. The number of thiazole rings is 1. The Balaban J connectivity index is 0.00000108. The molecule has 2 heterocycles. The highest BCUT2D eigenvalue weighted by Crippen LogP contribution is 2.40. The van der Waals surface area contributed by atoms with E-state index in [9.17, 15) is 13.2 Å². The molecular weight excluding hydrogens is 495 g/mol. The Morgan fingerprint density at radius 2 is 1.74 bits per heavy atom. The monoisotopic (exact) mass is 517 g/mol. The Kier molecular flexibility index (Phi) is 8.32. The number of carbonyl (C=O) groups excluding carboxylic acids is 2. The first-order valence-corrected chi connectivity index (χ1v) is 12.2. The SMILES string of the molecule is Cc1nn(-c2nc(-c3ccc(C(C)(F)F)cc3)c(SC(C)C)s2)cc1-c1cccc(F)c1.O=C=O. The van der Waals surface area contributed by atoms with Gasteiger partial charge < -0.3 is 0 Å². The first kappa shape index (κ1) is 26.4. The molecule has 0 saturated heterocycles. The molecule has 10 heteroatoms. The Hall–Kier alpha value is -3.20. The number of hydrogen-bond donors (Lipinski definition) is 0. The maximum absolute atomic E-state index is 13.7. The molecule has 0 aliphatic carbocycles. The highest BCUT2D eigenvalue weighted by molar-refractivity contribution is 8.01. The fraction of sp³-hybridized carbons (Fsp3) is 0.240. The van der Waals surface area contributed by atoms with Crippen LogP contribution >= 0.6 is 23.1 Å². The Bertz CT molecular complexity index is 1340. The van der Waals surface area contributed by atoms with E-state index in [1.807, 2.05) is 19.2 Å². The second kappa shape index (κ2) is 11.0. The average molecular weight is 518 g/mol. The lowest BCUT2D eigenvalue weighted by atomic mass is 10.1. The Morgan fingerprint density at radius 1 is 1.09 bits per heavy atom. The smallest absolute Gasteiger partial charge is 0.217 e. The molecule has 5 nitrogen and oxygen atoms in total. The van der Waals surface area contributed by atoms with Crippen molar-refractivity contribution in [1.29, 1.82) is 0 Å². The number of nitrogens with zero attached hydrogens (tertiary/aromatic N) is 3. The van der Waals surface area contributed by atoms with Crippen LogP contribution < -0.4 is 0 Å². The van der Waals surface area contributed by atoms with Gasteiger partial charge >= 0.3 is 6.15 Å². The molecule has 0 amide bonds. The van der Waals surface area contributed by atoms with Crippen LogP contribution in [0.1, 0.15) is 32.0 Å². The van der Waals surface area contributed by atoms with Gasteiger partial charge in [-0.15, -0.1) is 11.8 Å². The van der Waals surface area contributed by atoms with Gasteiger partial charge in [0.15, 0.2) is 0 Å². The largest absolute Gasteiger partial charge is 0.373 e. The normalized spacial score (nSPS) is 11.2. The van der Waals surface area contributed by atoms with Crippen LogP contribution in [0.2, 0.25) is 0 Å². The Morgan fingerprint density at radius 3 is 2.31 bits per heavy atom. The summed E-state index contributed by atoms with van der Waals surface area (Å²) in [6.45, 7) is 6.95. The van der Waals surface area contributed by atoms with Crippen LogP contribution in [0.15, 0.2) is 58.9 Å². The summed E-state index contributed by atoms with van der Waals surface area (Å²) in [7, 11) is 0. The summed E-state index contributed by atoms with van der Waals surface area (Å²) in [5.41, 5.74) is 3.83. The fourth-order valence-electron chi connectivity index (χ4n) is 3.29. The number of aromatic nitrogens is 3. The second-order valence-electron chi connectivity index (χ2n) is 7.93. The van der Waals surface area contributed by atoms with Gasteiger partial charge in [0, 0.05) is 35.1 Å². The van der Waals surface area contributed by atoms with E-state index in [4.69, 9.17) is 14.6 Å². The number of aryl methyl sites for hydroxylation is 1. The van der Waals surface area contributed by atoms with Gasteiger partial charge in [-0.2, -0.15) is 14.7 Å². The number of hydrogen-bond acceptors (Lipinski definition) is 6. The lowest BCUT2D eigenvalue weighted by Crippen LogP contribution is -2.06. The zero-order valence-electron chi connectivity index (χ0n) is 19.4. The zero-order chi connectivity index (χ0) is 25.8. The van der Waals surface area contributed by atoms with Crippen LogP contribution in [0.4, 0.5) is 13.2 Å². The molecule has 4 aromatic rings. The fourth-order valence-corrected chi connectivity index (χ4v) is 5.73. The highest BCUT2D eigenvalue weighted by Gasteiger charge is 2.24. The van der Waals surface area contributed by atoms with E-state index in [1.165, 1.54) is 35.6 Å². The molecule has 0 aliphatic heterocycles. The summed E-state index contributed by atoms with van der Waals surface area (Å²) < 4.78 is 43.6. The summed E-state index contributed by atoms with van der Waals surface area (Å²) in [6, 6.07) is 12.7. The molecule has 182 valence electrons. The van der Waals surface area contributed by atoms with Crippen LogP contribution in [0, 0.1) is 12.7 Å². The molecule has 0 radical (unpaired) electrons. The number of halogens is 3. The minimum atomic E-state index is -2.89. The van der Waals surface area contributed by atoms with Crippen molar-refractivity contribution in [3.05, 3.63) is 71.8 Å². The van der Waals surface area contributed by atoms with Gasteiger partial charge in [-0.3, -0.25) is 0 Å². The lowest BCUT2D eigenvalue weighted by molar-refractivity contribution is -0.191. The summed E-state index contributed by atoms with van der Waals surface area (Å²) in [5.74, 6) is -3.19. The van der Waals surface area contributed by atoms with Crippen molar-refractivity contribution >= 4 is 29.3 Å². The first-order chi connectivity index (χ1) is 16.5. The van der Waals surface area contributed by atoms with Crippen LogP contribution in [-0.2, 0) is 15.5 Å². The van der Waals surface area contributed by atoms with Gasteiger partial charge in [-0.1, -0.05) is 61.6 Å². The maximum Gasteiger partial charge on any atom is 0.373 e. The predicted octanol–water partition coefficient (Wildman–Crippen LogP) is 7.14. The topological polar surface area (TPSA) is 64.8 Å². The van der Waals surface area contributed by atoms with Gasteiger partial charge in [0.05, 0.1) is 15.6 Å². The minimum Gasteiger partial charge on any atom is -0.217 e. The molecular formula is C25H22F3N3O2S2. The average Bonchev–Trinajstić information content (AvgIpc) is 3.37. The summed E-state index contributed by atoms with van der Waals surface area (Å²) >= 11 is 3.17. The second-order valence-corrected chi connectivity index (χ2v) is 10.8. The molecule has 2 aromatic carbocycles. The number of thioether (sulfide) groups is 1. The lowest BCUT2D eigenvalue weighted by Gasteiger charge is -2.11. The van der Waals surface area contributed by atoms with Gasteiger partial charge in [0.25, 0.3) is 5.92 Å². The van der Waals surface area contributed by atoms with E-state index in [2.05, 4.69) is 18.9 Å². The summed E-state index contributed by atoms with van der Waals surface area (Å²) in [5, 5.41) is 5.58. The molecule has 0 unspecified atom stereocenters. The number of alkyl halides is 2. The van der Waals surface area contributed by atoms with Gasteiger partial charge in [-0.05, 0) is 24.6 Å². The van der Waals surface area contributed by atoms with Crippen molar-refractivity contribution in [2.75, 3.05) is 0 Å². The van der Waals surface area contributed by atoms with E-state index in [-0.39, 0.29) is 17.5 Å². The van der Waals surface area contributed by atoms with E-state index in [1.54, 1.807) is 34.6 Å². The maximum atomic E-state index is 13.7. The van der Waals surface area contributed by atoms with Crippen LogP contribution in [0.25, 0.3) is 27.5 Å². The summed E-state index contributed by atoms with van der Waals surface area (Å²) in [4.78, 5) is 21.0. The van der Waals surface area contributed by atoms with E-state index >= 15 is 0 Å². The predicted molar refractivity (Wildman–Crippen MR) is 130 cm³/mol. The third-order valence-corrected chi connectivity index (χ3v) is 7.08. The van der Waals surface area contributed by atoms with Gasteiger partial charge in [0.2, 0.25) is 5.13 Å². The highest BCUT2D eigenvalue weighted by atomic mass is 32.2. The van der Waals surface area contributed by atoms with Crippen LogP contribution in [-0.4, -0.2) is 26.2 Å². The molecule has 0 N–H and O–H groups in total.